The average molecular weight is 342 g/mol. The van der Waals surface area contributed by atoms with Crippen molar-refractivity contribution in [3.63, 3.8) is 0 Å². The fourth-order valence-corrected chi connectivity index (χ4v) is 2.24. The summed E-state index contributed by atoms with van der Waals surface area (Å²) < 4.78 is 10.5. The van der Waals surface area contributed by atoms with E-state index in [-0.39, 0.29) is 11.5 Å². The highest BCUT2D eigenvalue weighted by Gasteiger charge is 2.44. The zero-order chi connectivity index (χ0) is 17.9. The second kappa shape index (κ2) is 7.60. The number of carboxylic acid groups (broad SMARTS) is 1. The third kappa shape index (κ3) is 4.22. The van der Waals surface area contributed by atoms with Gasteiger partial charge in [0.15, 0.2) is 0 Å². The SMILES string of the molecule is O=C(O)C=Cc1cc(O)cc(O[C@@H]2O[C@H](CO)[C@@H](O)[C@H](O)[C@H]2O)c1. The molecule has 1 aromatic carbocycles. The number of phenols is 1. The van der Waals surface area contributed by atoms with E-state index >= 15 is 0 Å². The van der Waals surface area contributed by atoms with E-state index in [1.54, 1.807) is 0 Å². The van der Waals surface area contributed by atoms with Crippen molar-refractivity contribution < 1.29 is 44.9 Å². The molecule has 0 radical (unpaired) electrons. The molecule has 1 fully saturated rings. The van der Waals surface area contributed by atoms with E-state index < -0.39 is 43.3 Å². The van der Waals surface area contributed by atoms with Gasteiger partial charge in [0.2, 0.25) is 6.29 Å². The summed E-state index contributed by atoms with van der Waals surface area (Å²) in [5, 5.41) is 56.7. The minimum absolute atomic E-state index is 0.0318. The molecule has 5 atom stereocenters. The summed E-state index contributed by atoms with van der Waals surface area (Å²) in [6.45, 7) is -0.600. The highest BCUT2D eigenvalue weighted by Crippen LogP contribution is 2.28. The van der Waals surface area contributed by atoms with Crippen LogP contribution in [0.2, 0.25) is 0 Å². The smallest absolute Gasteiger partial charge is 0.328 e. The summed E-state index contributed by atoms with van der Waals surface area (Å²) >= 11 is 0. The van der Waals surface area contributed by atoms with Crippen LogP contribution in [0.3, 0.4) is 0 Å². The van der Waals surface area contributed by atoms with Gasteiger partial charge in [0.05, 0.1) is 6.61 Å². The first-order valence-electron chi connectivity index (χ1n) is 7.04. The van der Waals surface area contributed by atoms with Crippen LogP contribution in [0.4, 0.5) is 0 Å². The number of aliphatic carboxylic acids is 1. The molecule has 1 aliphatic heterocycles. The number of hydrogen-bond donors (Lipinski definition) is 6. The lowest BCUT2D eigenvalue weighted by atomic mass is 9.99. The van der Waals surface area contributed by atoms with E-state index in [0.29, 0.717) is 5.56 Å². The fraction of sp³-hybridized carbons (Fsp3) is 0.400. The van der Waals surface area contributed by atoms with Crippen LogP contribution in [0.1, 0.15) is 5.56 Å². The number of aliphatic hydroxyl groups excluding tert-OH is 4. The number of ether oxygens (including phenoxy) is 2. The minimum atomic E-state index is -1.59. The Balaban J connectivity index is 2.19. The maximum Gasteiger partial charge on any atom is 0.328 e. The lowest BCUT2D eigenvalue weighted by molar-refractivity contribution is -0.277. The van der Waals surface area contributed by atoms with E-state index in [0.717, 1.165) is 6.08 Å². The quantitative estimate of drug-likeness (QED) is 0.357. The molecule has 0 spiro atoms. The van der Waals surface area contributed by atoms with E-state index in [1.807, 2.05) is 0 Å². The van der Waals surface area contributed by atoms with Crippen LogP contribution in [0.15, 0.2) is 24.3 Å². The second-order valence-corrected chi connectivity index (χ2v) is 5.25. The number of phenolic OH excluding ortho intramolecular Hbond substituents is 1. The number of benzene rings is 1. The van der Waals surface area contributed by atoms with Crippen molar-refractivity contribution in [2.24, 2.45) is 0 Å². The molecule has 9 nitrogen and oxygen atoms in total. The molecule has 1 aromatic rings. The summed E-state index contributed by atoms with van der Waals surface area (Å²) in [6, 6.07) is 3.86. The number of carbonyl (C=O) groups is 1. The van der Waals surface area contributed by atoms with Crippen LogP contribution in [0, 0.1) is 0 Å². The van der Waals surface area contributed by atoms with Gasteiger partial charge in [-0.05, 0) is 23.8 Å². The largest absolute Gasteiger partial charge is 0.508 e. The van der Waals surface area contributed by atoms with Gasteiger partial charge >= 0.3 is 5.97 Å². The van der Waals surface area contributed by atoms with Crippen molar-refractivity contribution in [1.29, 1.82) is 0 Å². The Morgan fingerprint density at radius 1 is 1.17 bits per heavy atom. The van der Waals surface area contributed by atoms with Gasteiger partial charge in [0.1, 0.15) is 35.9 Å². The van der Waals surface area contributed by atoms with Gasteiger partial charge in [0.25, 0.3) is 0 Å². The number of aliphatic hydroxyl groups is 4. The molecular weight excluding hydrogens is 324 g/mol. The molecule has 0 bridgehead atoms. The van der Waals surface area contributed by atoms with Gasteiger partial charge in [-0.15, -0.1) is 0 Å². The van der Waals surface area contributed by atoms with E-state index in [9.17, 15) is 25.2 Å². The van der Waals surface area contributed by atoms with E-state index in [4.69, 9.17) is 19.7 Å². The van der Waals surface area contributed by atoms with Crippen LogP contribution in [0.5, 0.6) is 11.5 Å². The number of rotatable bonds is 5. The topological polar surface area (TPSA) is 157 Å². The Labute approximate surface area is 136 Å². The summed E-state index contributed by atoms with van der Waals surface area (Å²) in [5.74, 6) is -1.36. The Hall–Kier alpha value is -2.17. The first-order chi connectivity index (χ1) is 11.3. The maximum atomic E-state index is 10.5. The van der Waals surface area contributed by atoms with Gasteiger partial charge < -0.3 is 40.1 Å². The Morgan fingerprint density at radius 3 is 2.50 bits per heavy atom. The van der Waals surface area contributed by atoms with Gasteiger partial charge in [-0.3, -0.25) is 0 Å². The lowest BCUT2D eigenvalue weighted by Crippen LogP contribution is -2.60. The third-order valence-electron chi connectivity index (χ3n) is 3.43. The second-order valence-electron chi connectivity index (χ2n) is 5.25. The Bertz CT molecular complexity index is 613. The van der Waals surface area contributed by atoms with Crippen LogP contribution < -0.4 is 4.74 Å². The molecule has 1 aliphatic rings. The van der Waals surface area contributed by atoms with Crippen LogP contribution in [-0.2, 0) is 9.53 Å². The van der Waals surface area contributed by atoms with Crippen molar-refractivity contribution in [2.45, 2.75) is 30.7 Å². The molecule has 1 heterocycles. The van der Waals surface area contributed by atoms with Crippen molar-refractivity contribution in [1.82, 2.24) is 0 Å². The van der Waals surface area contributed by atoms with Crippen LogP contribution in [0.25, 0.3) is 6.08 Å². The first-order valence-corrected chi connectivity index (χ1v) is 7.04. The Morgan fingerprint density at radius 2 is 1.88 bits per heavy atom. The fourth-order valence-electron chi connectivity index (χ4n) is 2.24. The van der Waals surface area contributed by atoms with Crippen molar-refractivity contribution in [2.75, 3.05) is 6.61 Å². The van der Waals surface area contributed by atoms with Gasteiger partial charge in [0, 0.05) is 12.1 Å². The molecule has 1 saturated heterocycles. The van der Waals surface area contributed by atoms with Crippen LogP contribution in [-0.4, -0.2) is 73.9 Å². The molecule has 0 unspecified atom stereocenters. The number of aromatic hydroxyl groups is 1. The summed E-state index contributed by atoms with van der Waals surface area (Å²) in [4.78, 5) is 10.5. The number of hydrogen-bond acceptors (Lipinski definition) is 8. The standard InChI is InChI=1S/C15H18O9/c16-6-10-12(20)13(21)14(22)15(24-10)23-9-4-7(1-2-11(18)19)3-8(17)5-9/h1-5,10,12-17,20-22H,6H2,(H,18,19)/t10-,12-,13+,14-,15-/m1/s1. The van der Waals surface area contributed by atoms with Gasteiger partial charge in [-0.25, -0.2) is 4.79 Å². The summed E-state index contributed by atoms with van der Waals surface area (Å²) in [6.07, 6.45) is -5.14. The third-order valence-corrected chi connectivity index (χ3v) is 3.43. The highest BCUT2D eigenvalue weighted by atomic mass is 16.7. The van der Waals surface area contributed by atoms with E-state index in [2.05, 4.69) is 0 Å². The van der Waals surface area contributed by atoms with Crippen LogP contribution >= 0.6 is 0 Å². The molecule has 2 rings (SSSR count). The van der Waals surface area contributed by atoms with Gasteiger partial charge in [-0.1, -0.05) is 0 Å². The van der Waals surface area contributed by atoms with Crippen molar-refractivity contribution >= 4 is 12.0 Å². The van der Waals surface area contributed by atoms with Crippen molar-refractivity contribution in [3.8, 4) is 11.5 Å². The molecule has 9 heteroatoms. The normalized spacial score (nSPS) is 30.4. The molecule has 6 N–H and O–H groups in total. The maximum absolute atomic E-state index is 10.5. The molecule has 0 amide bonds. The number of carboxylic acids is 1. The molecular formula is C15H18O9. The summed E-state index contributed by atoms with van der Waals surface area (Å²) in [5.41, 5.74) is 0.317. The Kier molecular flexibility index (Phi) is 5.75. The zero-order valence-electron chi connectivity index (χ0n) is 12.4. The molecule has 0 aromatic heterocycles. The first kappa shape index (κ1) is 18.2. The minimum Gasteiger partial charge on any atom is -0.508 e. The van der Waals surface area contributed by atoms with Crippen molar-refractivity contribution in [3.05, 3.63) is 29.8 Å². The average Bonchev–Trinajstić information content (AvgIpc) is 2.53. The van der Waals surface area contributed by atoms with Gasteiger partial charge in [-0.2, -0.15) is 0 Å². The predicted octanol–water partition coefficient (Wildman–Crippen LogP) is -1.33. The molecule has 132 valence electrons. The zero-order valence-corrected chi connectivity index (χ0v) is 12.4. The van der Waals surface area contributed by atoms with E-state index in [1.165, 1.54) is 24.3 Å². The highest BCUT2D eigenvalue weighted by molar-refractivity contribution is 5.85. The molecule has 0 aliphatic carbocycles. The predicted molar refractivity (Wildman–Crippen MR) is 79.2 cm³/mol. The molecule has 24 heavy (non-hydrogen) atoms. The monoisotopic (exact) mass is 342 g/mol. The summed E-state index contributed by atoms with van der Waals surface area (Å²) in [7, 11) is 0. The molecule has 0 saturated carbocycles. The lowest BCUT2D eigenvalue weighted by Gasteiger charge is -2.39.